The van der Waals surface area contributed by atoms with Gasteiger partial charge in [0.25, 0.3) is 0 Å². The van der Waals surface area contributed by atoms with Gasteiger partial charge in [-0.3, -0.25) is 4.79 Å². The zero-order valence-electron chi connectivity index (χ0n) is 14.2. The first-order valence-corrected chi connectivity index (χ1v) is 8.25. The zero-order chi connectivity index (χ0) is 17.4. The Labute approximate surface area is 142 Å². The minimum Gasteiger partial charge on any atom is -0.494 e. The second kappa shape index (κ2) is 8.96. The van der Waals surface area contributed by atoms with Crippen LogP contribution in [0.25, 0.3) is 6.08 Å². The molecule has 1 aliphatic heterocycles. The summed E-state index contributed by atoms with van der Waals surface area (Å²) in [6.07, 6.45) is 3.04. The Balaban J connectivity index is 1.83. The molecule has 0 N–H and O–H groups in total. The number of ether oxygens (including phenoxy) is 2. The van der Waals surface area contributed by atoms with Crippen molar-refractivity contribution in [2.75, 3.05) is 39.4 Å². The molecule has 0 spiro atoms. The molecular formula is C18H24N2O4. The predicted octanol–water partition coefficient (Wildman–Crippen LogP) is 2.40. The van der Waals surface area contributed by atoms with Crippen molar-refractivity contribution in [1.29, 1.82) is 0 Å². The molecule has 6 heteroatoms. The Morgan fingerprint density at radius 1 is 1.00 bits per heavy atom. The lowest BCUT2D eigenvalue weighted by Gasteiger charge is -2.33. The summed E-state index contributed by atoms with van der Waals surface area (Å²) in [5.74, 6) is 0.767. The highest BCUT2D eigenvalue weighted by Gasteiger charge is 2.23. The Bertz CT molecular complexity index is 575. The van der Waals surface area contributed by atoms with Crippen LogP contribution in [0.15, 0.2) is 30.3 Å². The van der Waals surface area contributed by atoms with Crippen LogP contribution in [-0.4, -0.2) is 61.2 Å². The highest BCUT2D eigenvalue weighted by Crippen LogP contribution is 2.13. The summed E-state index contributed by atoms with van der Waals surface area (Å²) < 4.78 is 10.4. The van der Waals surface area contributed by atoms with Crippen molar-refractivity contribution in [2.45, 2.75) is 13.8 Å². The van der Waals surface area contributed by atoms with Gasteiger partial charge in [-0.15, -0.1) is 0 Å². The van der Waals surface area contributed by atoms with Gasteiger partial charge in [0.15, 0.2) is 0 Å². The Kier molecular flexibility index (Phi) is 6.66. The quantitative estimate of drug-likeness (QED) is 0.777. The number of rotatable bonds is 5. The van der Waals surface area contributed by atoms with E-state index in [-0.39, 0.29) is 12.0 Å². The number of piperazine rings is 1. The van der Waals surface area contributed by atoms with Gasteiger partial charge in [0.05, 0.1) is 13.2 Å². The maximum Gasteiger partial charge on any atom is 0.409 e. The number of benzene rings is 1. The molecule has 2 rings (SSSR count). The number of nitrogens with zero attached hydrogens (tertiary/aromatic N) is 2. The fraction of sp³-hybridized carbons (Fsp3) is 0.444. The second-order valence-electron chi connectivity index (χ2n) is 5.35. The molecule has 1 heterocycles. The summed E-state index contributed by atoms with van der Waals surface area (Å²) in [4.78, 5) is 27.2. The monoisotopic (exact) mass is 332 g/mol. The van der Waals surface area contributed by atoms with Crippen molar-refractivity contribution < 1.29 is 19.1 Å². The summed E-state index contributed by atoms with van der Waals surface area (Å²) in [5, 5.41) is 0. The summed E-state index contributed by atoms with van der Waals surface area (Å²) in [6, 6.07) is 7.58. The van der Waals surface area contributed by atoms with Gasteiger partial charge in [-0.1, -0.05) is 12.1 Å². The first-order chi connectivity index (χ1) is 11.6. The first-order valence-electron chi connectivity index (χ1n) is 8.25. The largest absolute Gasteiger partial charge is 0.494 e. The maximum atomic E-state index is 12.2. The molecule has 0 unspecified atom stereocenters. The fourth-order valence-corrected chi connectivity index (χ4v) is 2.44. The number of hydrogen-bond acceptors (Lipinski definition) is 4. The van der Waals surface area contributed by atoms with Gasteiger partial charge in [-0.25, -0.2) is 4.79 Å². The highest BCUT2D eigenvalue weighted by atomic mass is 16.6. The fourth-order valence-electron chi connectivity index (χ4n) is 2.44. The molecule has 0 saturated carbocycles. The average molecular weight is 332 g/mol. The molecule has 0 bridgehead atoms. The molecule has 0 aromatic heterocycles. The van der Waals surface area contributed by atoms with Crippen molar-refractivity contribution in [3.8, 4) is 5.75 Å². The lowest BCUT2D eigenvalue weighted by atomic mass is 10.2. The summed E-state index contributed by atoms with van der Waals surface area (Å²) in [5.41, 5.74) is 0.942. The van der Waals surface area contributed by atoms with Crippen LogP contribution in [0.4, 0.5) is 4.79 Å². The van der Waals surface area contributed by atoms with E-state index in [1.807, 2.05) is 31.2 Å². The van der Waals surface area contributed by atoms with Gasteiger partial charge in [-0.2, -0.15) is 0 Å². The molecule has 24 heavy (non-hydrogen) atoms. The first kappa shape index (κ1) is 17.8. The summed E-state index contributed by atoms with van der Waals surface area (Å²) >= 11 is 0. The lowest BCUT2D eigenvalue weighted by molar-refractivity contribution is -0.127. The van der Waals surface area contributed by atoms with E-state index in [0.29, 0.717) is 39.4 Å². The molecule has 6 nitrogen and oxygen atoms in total. The normalized spacial score (nSPS) is 14.8. The van der Waals surface area contributed by atoms with Crippen molar-refractivity contribution in [3.63, 3.8) is 0 Å². The molecule has 0 aliphatic carbocycles. The number of hydrogen-bond donors (Lipinski definition) is 0. The van der Waals surface area contributed by atoms with Crippen molar-refractivity contribution in [2.24, 2.45) is 0 Å². The third-order valence-corrected chi connectivity index (χ3v) is 3.73. The van der Waals surface area contributed by atoms with Crippen LogP contribution in [-0.2, 0) is 9.53 Å². The van der Waals surface area contributed by atoms with Gasteiger partial charge in [0.2, 0.25) is 5.91 Å². The highest BCUT2D eigenvalue weighted by molar-refractivity contribution is 5.92. The van der Waals surface area contributed by atoms with Gasteiger partial charge >= 0.3 is 6.09 Å². The molecule has 1 aliphatic rings. The second-order valence-corrected chi connectivity index (χ2v) is 5.35. The van der Waals surface area contributed by atoms with Crippen molar-refractivity contribution in [3.05, 3.63) is 35.9 Å². The predicted molar refractivity (Wildman–Crippen MR) is 91.8 cm³/mol. The third kappa shape index (κ3) is 5.01. The molecule has 2 amide bonds. The number of carbonyl (C=O) groups is 2. The standard InChI is InChI=1S/C18H24N2O4/c1-3-23-16-8-5-15(6-9-16)7-10-17(21)19-11-13-20(14-12-19)18(22)24-4-2/h5-10H,3-4,11-14H2,1-2H3/b10-7+. The third-order valence-electron chi connectivity index (χ3n) is 3.73. The molecule has 130 valence electrons. The van der Waals surface area contributed by atoms with E-state index < -0.39 is 0 Å². The average Bonchev–Trinajstić information content (AvgIpc) is 2.61. The Morgan fingerprint density at radius 3 is 2.21 bits per heavy atom. The topological polar surface area (TPSA) is 59.1 Å². The lowest BCUT2D eigenvalue weighted by Crippen LogP contribution is -2.50. The molecule has 1 fully saturated rings. The van der Waals surface area contributed by atoms with Crippen LogP contribution < -0.4 is 4.74 Å². The Hall–Kier alpha value is -2.50. The van der Waals surface area contributed by atoms with Crippen LogP contribution in [0.1, 0.15) is 19.4 Å². The van der Waals surface area contributed by atoms with Gasteiger partial charge < -0.3 is 19.3 Å². The van der Waals surface area contributed by atoms with E-state index in [1.165, 1.54) is 0 Å². The zero-order valence-corrected chi connectivity index (χ0v) is 14.2. The SMILES string of the molecule is CCOC(=O)N1CCN(C(=O)/C=C/c2ccc(OCC)cc2)CC1. The van der Waals surface area contributed by atoms with Crippen LogP contribution in [0, 0.1) is 0 Å². The van der Waals surface area contributed by atoms with Crippen molar-refractivity contribution >= 4 is 18.1 Å². The van der Waals surface area contributed by atoms with Gasteiger partial charge in [-0.05, 0) is 37.6 Å². The van der Waals surface area contributed by atoms with Gasteiger partial charge in [0, 0.05) is 32.3 Å². The number of carbonyl (C=O) groups excluding carboxylic acids is 2. The van der Waals surface area contributed by atoms with E-state index in [1.54, 1.807) is 28.9 Å². The smallest absolute Gasteiger partial charge is 0.409 e. The molecule has 0 radical (unpaired) electrons. The minimum absolute atomic E-state index is 0.0487. The van der Waals surface area contributed by atoms with E-state index in [9.17, 15) is 9.59 Å². The van der Waals surface area contributed by atoms with E-state index in [4.69, 9.17) is 9.47 Å². The molecular weight excluding hydrogens is 308 g/mol. The summed E-state index contributed by atoms with van der Waals surface area (Å²) in [6.45, 7) is 6.76. The van der Waals surface area contributed by atoms with E-state index >= 15 is 0 Å². The molecule has 1 aromatic carbocycles. The maximum absolute atomic E-state index is 12.2. The van der Waals surface area contributed by atoms with E-state index in [0.717, 1.165) is 11.3 Å². The Morgan fingerprint density at radius 2 is 1.62 bits per heavy atom. The minimum atomic E-state index is -0.311. The van der Waals surface area contributed by atoms with E-state index in [2.05, 4.69) is 0 Å². The molecule has 0 atom stereocenters. The molecule has 1 aromatic rings. The van der Waals surface area contributed by atoms with Gasteiger partial charge in [0.1, 0.15) is 5.75 Å². The number of amides is 2. The van der Waals surface area contributed by atoms with Crippen LogP contribution in [0.3, 0.4) is 0 Å². The molecule has 1 saturated heterocycles. The van der Waals surface area contributed by atoms with Crippen LogP contribution in [0.2, 0.25) is 0 Å². The summed E-state index contributed by atoms with van der Waals surface area (Å²) in [7, 11) is 0. The van der Waals surface area contributed by atoms with Crippen LogP contribution in [0.5, 0.6) is 5.75 Å². The van der Waals surface area contributed by atoms with Crippen LogP contribution >= 0.6 is 0 Å². The van der Waals surface area contributed by atoms with Crippen molar-refractivity contribution in [1.82, 2.24) is 9.80 Å².